The standard InChI is InChI=1S/C12H13FN2O3S/c13-8-3-4-11(15(17)18)10(6-8)12(16)14-9-2-1-5-19-7-9/h3-4,6,9H,1-2,5,7H2,(H,14,16). The van der Waals surface area contributed by atoms with Gasteiger partial charge in [-0.2, -0.15) is 11.8 Å². The highest BCUT2D eigenvalue weighted by Crippen LogP contribution is 2.21. The lowest BCUT2D eigenvalue weighted by atomic mass is 10.1. The summed E-state index contributed by atoms with van der Waals surface area (Å²) in [6, 6.07) is 2.89. The van der Waals surface area contributed by atoms with Gasteiger partial charge in [-0.05, 0) is 30.7 Å². The lowest BCUT2D eigenvalue weighted by Crippen LogP contribution is -2.38. The number of hydrogen-bond donors (Lipinski definition) is 1. The van der Waals surface area contributed by atoms with Gasteiger partial charge in [-0.3, -0.25) is 14.9 Å². The number of rotatable bonds is 3. The van der Waals surface area contributed by atoms with Crippen molar-refractivity contribution in [3.8, 4) is 0 Å². The van der Waals surface area contributed by atoms with Crippen molar-refractivity contribution in [2.45, 2.75) is 18.9 Å². The molecule has 1 aromatic rings. The molecule has 0 aliphatic carbocycles. The Hall–Kier alpha value is -1.63. The predicted molar refractivity (Wildman–Crippen MR) is 70.9 cm³/mol. The summed E-state index contributed by atoms with van der Waals surface area (Å²) in [5, 5.41) is 13.6. The lowest BCUT2D eigenvalue weighted by molar-refractivity contribution is -0.385. The van der Waals surface area contributed by atoms with Crippen LogP contribution in [-0.4, -0.2) is 28.4 Å². The normalized spacial score (nSPS) is 18.9. The van der Waals surface area contributed by atoms with E-state index < -0.39 is 16.6 Å². The van der Waals surface area contributed by atoms with Crippen molar-refractivity contribution in [3.05, 3.63) is 39.7 Å². The number of carbonyl (C=O) groups excluding carboxylic acids is 1. The van der Waals surface area contributed by atoms with Gasteiger partial charge in [-0.1, -0.05) is 0 Å². The van der Waals surface area contributed by atoms with Crippen LogP contribution >= 0.6 is 11.8 Å². The summed E-state index contributed by atoms with van der Waals surface area (Å²) in [7, 11) is 0. The molecule has 1 aromatic carbocycles. The number of nitrogens with zero attached hydrogens (tertiary/aromatic N) is 1. The van der Waals surface area contributed by atoms with E-state index in [1.54, 1.807) is 11.8 Å². The molecule has 0 aromatic heterocycles. The maximum Gasteiger partial charge on any atom is 0.282 e. The van der Waals surface area contributed by atoms with Crippen LogP contribution in [0.5, 0.6) is 0 Å². The second-order valence-corrected chi connectivity index (χ2v) is 5.46. The molecule has 0 bridgehead atoms. The summed E-state index contributed by atoms with van der Waals surface area (Å²) in [4.78, 5) is 22.2. The van der Waals surface area contributed by atoms with Crippen molar-refractivity contribution < 1.29 is 14.1 Å². The Labute approximate surface area is 113 Å². The van der Waals surface area contributed by atoms with E-state index in [0.717, 1.165) is 42.5 Å². The first kappa shape index (κ1) is 13.8. The summed E-state index contributed by atoms with van der Waals surface area (Å²) >= 11 is 1.73. The molecule has 1 saturated heterocycles. The molecule has 1 aliphatic heterocycles. The van der Waals surface area contributed by atoms with E-state index in [1.165, 1.54) is 0 Å². The van der Waals surface area contributed by atoms with Crippen LogP contribution in [-0.2, 0) is 0 Å². The fourth-order valence-electron chi connectivity index (χ4n) is 1.97. The summed E-state index contributed by atoms with van der Waals surface area (Å²) in [6.07, 6.45) is 1.85. The molecule has 0 radical (unpaired) electrons. The van der Waals surface area contributed by atoms with Crippen molar-refractivity contribution in [2.75, 3.05) is 11.5 Å². The van der Waals surface area contributed by atoms with E-state index in [9.17, 15) is 19.3 Å². The van der Waals surface area contributed by atoms with Gasteiger partial charge in [0, 0.05) is 17.9 Å². The van der Waals surface area contributed by atoms with Gasteiger partial charge in [0.15, 0.2) is 0 Å². The number of carbonyl (C=O) groups is 1. The third-order valence-electron chi connectivity index (χ3n) is 2.90. The number of nitro groups is 1. The molecule has 102 valence electrons. The van der Waals surface area contributed by atoms with Gasteiger partial charge in [0.1, 0.15) is 11.4 Å². The quantitative estimate of drug-likeness (QED) is 0.683. The van der Waals surface area contributed by atoms with Gasteiger partial charge >= 0.3 is 0 Å². The molecule has 1 amide bonds. The summed E-state index contributed by atoms with van der Waals surface area (Å²) in [5.41, 5.74) is -0.595. The molecule has 1 N–H and O–H groups in total. The Morgan fingerprint density at radius 2 is 2.32 bits per heavy atom. The Kier molecular flexibility index (Phi) is 4.36. The van der Waals surface area contributed by atoms with Gasteiger partial charge < -0.3 is 5.32 Å². The molecule has 5 nitrogen and oxygen atoms in total. The first-order valence-corrected chi connectivity index (χ1v) is 7.06. The van der Waals surface area contributed by atoms with Crippen molar-refractivity contribution in [1.29, 1.82) is 0 Å². The first-order valence-electron chi connectivity index (χ1n) is 5.90. The molecule has 1 unspecified atom stereocenters. The smallest absolute Gasteiger partial charge is 0.282 e. The predicted octanol–water partition coefficient (Wildman–Crippen LogP) is 2.36. The maximum atomic E-state index is 13.1. The molecule has 0 saturated carbocycles. The first-order chi connectivity index (χ1) is 9.08. The van der Waals surface area contributed by atoms with Crippen LogP contribution in [0.3, 0.4) is 0 Å². The van der Waals surface area contributed by atoms with Crippen LogP contribution in [0, 0.1) is 15.9 Å². The second kappa shape index (κ2) is 6.01. The average Bonchev–Trinajstić information content (AvgIpc) is 2.39. The van der Waals surface area contributed by atoms with Crippen LogP contribution < -0.4 is 5.32 Å². The van der Waals surface area contributed by atoms with Crippen LogP contribution in [0.15, 0.2) is 18.2 Å². The van der Waals surface area contributed by atoms with Gasteiger partial charge in [0.25, 0.3) is 11.6 Å². The van der Waals surface area contributed by atoms with Crippen LogP contribution in [0.1, 0.15) is 23.2 Å². The monoisotopic (exact) mass is 284 g/mol. The molecule has 1 aliphatic rings. The number of benzene rings is 1. The fraction of sp³-hybridized carbons (Fsp3) is 0.417. The van der Waals surface area contributed by atoms with Crippen LogP contribution in [0.25, 0.3) is 0 Å². The van der Waals surface area contributed by atoms with Crippen molar-refractivity contribution in [1.82, 2.24) is 5.32 Å². The molecule has 1 fully saturated rings. The maximum absolute atomic E-state index is 13.1. The number of thioether (sulfide) groups is 1. The minimum Gasteiger partial charge on any atom is -0.348 e. The highest BCUT2D eigenvalue weighted by atomic mass is 32.2. The minimum absolute atomic E-state index is 0.00544. The zero-order valence-corrected chi connectivity index (χ0v) is 10.9. The summed E-state index contributed by atoms with van der Waals surface area (Å²) in [5.74, 6) is 0.605. The van der Waals surface area contributed by atoms with E-state index in [2.05, 4.69) is 5.32 Å². The third-order valence-corrected chi connectivity index (χ3v) is 4.11. The molecule has 1 heterocycles. The van der Waals surface area contributed by atoms with E-state index in [4.69, 9.17) is 0 Å². The molecular weight excluding hydrogens is 271 g/mol. The molecule has 0 spiro atoms. The minimum atomic E-state index is -0.677. The topological polar surface area (TPSA) is 72.2 Å². The van der Waals surface area contributed by atoms with Gasteiger partial charge in [0.05, 0.1) is 4.92 Å². The van der Waals surface area contributed by atoms with E-state index in [0.29, 0.717) is 0 Å². The van der Waals surface area contributed by atoms with Gasteiger partial charge in [0.2, 0.25) is 0 Å². The lowest BCUT2D eigenvalue weighted by Gasteiger charge is -2.22. The SMILES string of the molecule is O=C(NC1CCCSC1)c1cc(F)ccc1[N+](=O)[O-]. The summed E-state index contributed by atoms with van der Waals surface area (Å²) < 4.78 is 13.1. The van der Waals surface area contributed by atoms with E-state index in [-0.39, 0.29) is 17.3 Å². The molecular formula is C12H13FN2O3S. The van der Waals surface area contributed by atoms with E-state index >= 15 is 0 Å². The molecule has 19 heavy (non-hydrogen) atoms. The molecule has 1 atom stereocenters. The fourth-order valence-corrected chi connectivity index (χ4v) is 3.04. The van der Waals surface area contributed by atoms with Crippen molar-refractivity contribution >= 4 is 23.4 Å². The van der Waals surface area contributed by atoms with Crippen molar-refractivity contribution in [3.63, 3.8) is 0 Å². The van der Waals surface area contributed by atoms with E-state index in [1.807, 2.05) is 0 Å². The Bertz CT molecular complexity index is 504. The number of nitro benzene ring substituents is 1. The van der Waals surface area contributed by atoms with Gasteiger partial charge in [-0.25, -0.2) is 4.39 Å². The Balaban J connectivity index is 2.17. The largest absolute Gasteiger partial charge is 0.348 e. The zero-order valence-electron chi connectivity index (χ0n) is 10.1. The number of nitrogens with one attached hydrogen (secondary N) is 1. The number of amides is 1. The van der Waals surface area contributed by atoms with Crippen molar-refractivity contribution in [2.24, 2.45) is 0 Å². The number of hydrogen-bond acceptors (Lipinski definition) is 4. The second-order valence-electron chi connectivity index (χ2n) is 4.31. The van der Waals surface area contributed by atoms with Crippen LogP contribution in [0.2, 0.25) is 0 Å². The Morgan fingerprint density at radius 3 is 2.95 bits per heavy atom. The highest BCUT2D eigenvalue weighted by Gasteiger charge is 2.23. The zero-order chi connectivity index (χ0) is 13.8. The average molecular weight is 284 g/mol. The third kappa shape index (κ3) is 3.44. The summed E-state index contributed by atoms with van der Waals surface area (Å²) in [6.45, 7) is 0. The van der Waals surface area contributed by atoms with Gasteiger partial charge in [-0.15, -0.1) is 0 Å². The highest BCUT2D eigenvalue weighted by molar-refractivity contribution is 7.99. The molecule has 2 rings (SSSR count). The van der Waals surface area contributed by atoms with Crippen LogP contribution in [0.4, 0.5) is 10.1 Å². The Morgan fingerprint density at radius 1 is 1.53 bits per heavy atom. The number of halogens is 1. The molecule has 7 heteroatoms.